The highest BCUT2D eigenvalue weighted by molar-refractivity contribution is 6.29. The molecule has 1 rings (SSSR count). The highest BCUT2D eigenvalue weighted by Gasteiger charge is 1.93. The van der Waals surface area contributed by atoms with Gasteiger partial charge in [-0.25, -0.2) is 0 Å². The molecule has 0 spiro atoms. The van der Waals surface area contributed by atoms with Crippen LogP contribution in [-0.2, 0) is 0 Å². The van der Waals surface area contributed by atoms with Gasteiger partial charge in [-0.2, -0.15) is 0 Å². The van der Waals surface area contributed by atoms with Crippen LogP contribution < -0.4 is 0 Å². The van der Waals surface area contributed by atoms with E-state index >= 15 is 0 Å². The summed E-state index contributed by atoms with van der Waals surface area (Å²) in [6.45, 7) is 11.4. The van der Waals surface area contributed by atoms with Crippen molar-refractivity contribution in [1.29, 1.82) is 0 Å². The van der Waals surface area contributed by atoms with Gasteiger partial charge in [0.05, 0.1) is 0 Å². The Bertz CT molecular complexity index is 398. The number of halogens is 1. The number of benzene rings is 1. The minimum Gasteiger partial charge on any atom is -0.258 e. The van der Waals surface area contributed by atoms with Crippen LogP contribution in [0.25, 0.3) is 0 Å². The quantitative estimate of drug-likeness (QED) is 0.641. The predicted octanol–water partition coefficient (Wildman–Crippen LogP) is 5.18. The van der Waals surface area contributed by atoms with E-state index in [9.17, 15) is 0 Å². The molecule has 0 aliphatic rings. The van der Waals surface area contributed by atoms with Gasteiger partial charge in [-0.1, -0.05) is 54.6 Å². The lowest BCUT2D eigenvalue weighted by Crippen LogP contribution is -1.93. The first-order valence-electron chi connectivity index (χ1n) is 5.52. The van der Waals surface area contributed by atoms with Gasteiger partial charge in [0.25, 0.3) is 0 Å². The first-order chi connectivity index (χ1) is 7.97. The van der Waals surface area contributed by atoms with Crippen molar-refractivity contribution in [1.82, 2.24) is 0 Å². The van der Waals surface area contributed by atoms with E-state index in [4.69, 9.17) is 11.6 Å². The van der Waals surface area contributed by atoms with Crippen molar-refractivity contribution in [3.63, 3.8) is 0 Å². The Balaban J connectivity index is 0.000000437. The number of nitrogens with zero attached hydrogens (tertiary/aromatic N) is 1. The van der Waals surface area contributed by atoms with Crippen molar-refractivity contribution in [2.24, 2.45) is 4.99 Å². The molecule has 0 bridgehead atoms. The average Bonchev–Trinajstić information content (AvgIpc) is 2.30. The topological polar surface area (TPSA) is 12.4 Å². The molecule has 1 aromatic carbocycles. The van der Waals surface area contributed by atoms with Gasteiger partial charge in [-0.15, -0.1) is 0 Å². The second-order valence-electron chi connectivity index (χ2n) is 3.67. The maximum atomic E-state index is 5.32. The van der Waals surface area contributed by atoms with E-state index in [1.165, 1.54) is 0 Å². The van der Waals surface area contributed by atoms with Crippen molar-refractivity contribution in [2.45, 2.75) is 27.7 Å². The molecule has 92 valence electrons. The molecule has 17 heavy (non-hydrogen) atoms. The number of hydrogen-bond acceptors (Lipinski definition) is 1. The second kappa shape index (κ2) is 8.77. The van der Waals surface area contributed by atoms with E-state index in [0.29, 0.717) is 0 Å². The molecular formula is C15H20ClN. The van der Waals surface area contributed by atoms with Gasteiger partial charge >= 0.3 is 0 Å². The molecule has 0 aromatic heterocycles. The largest absolute Gasteiger partial charge is 0.258 e. The van der Waals surface area contributed by atoms with Crippen LogP contribution in [0.2, 0.25) is 0 Å². The first-order valence-corrected chi connectivity index (χ1v) is 5.89. The number of hydrogen-bond donors (Lipinski definition) is 0. The van der Waals surface area contributed by atoms with Gasteiger partial charge in [0.1, 0.15) is 0 Å². The fourth-order valence-corrected chi connectivity index (χ4v) is 1.03. The summed E-state index contributed by atoms with van der Waals surface area (Å²) in [7, 11) is 0. The molecule has 0 N–H and O–H groups in total. The van der Waals surface area contributed by atoms with Crippen molar-refractivity contribution in [3.8, 4) is 0 Å². The van der Waals surface area contributed by atoms with Crippen molar-refractivity contribution in [3.05, 3.63) is 59.3 Å². The normalized spacial score (nSPS) is 11.6. The van der Waals surface area contributed by atoms with Crippen molar-refractivity contribution >= 4 is 17.3 Å². The van der Waals surface area contributed by atoms with Gasteiger partial charge < -0.3 is 0 Å². The number of allylic oxidation sites excluding steroid dienone is 3. The van der Waals surface area contributed by atoms with E-state index in [2.05, 4.69) is 11.6 Å². The Morgan fingerprint density at radius 1 is 1.18 bits per heavy atom. The lowest BCUT2D eigenvalue weighted by molar-refractivity contribution is 1.31. The standard InChI is InChI=1S/C11H13N.C4H7Cl/c1-9(2)12-10(3)11-7-5-4-6-8-11;1-3-4(2)5/h4-8H,1H2,2-3H3;3H,1-2H3/b;4-3+. The van der Waals surface area contributed by atoms with Gasteiger partial charge in [-0.3, -0.25) is 4.99 Å². The maximum absolute atomic E-state index is 5.32. The summed E-state index contributed by atoms with van der Waals surface area (Å²) in [6.07, 6.45) is 1.85. The summed E-state index contributed by atoms with van der Waals surface area (Å²) in [5.41, 5.74) is 3.01. The Labute approximate surface area is 110 Å². The van der Waals surface area contributed by atoms with Gasteiger partial charge in [0, 0.05) is 16.4 Å². The van der Waals surface area contributed by atoms with Crippen LogP contribution in [0, 0.1) is 0 Å². The summed E-state index contributed by atoms with van der Waals surface area (Å²) in [6, 6.07) is 10.1. The van der Waals surface area contributed by atoms with Crippen LogP contribution in [0.4, 0.5) is 0 Å². The minimum atomic E-state index is 0.844. The fourth-order valence-electron chi connectivity index (χ4n) is 1.03. The Morgan fingerprint density at radius 3 is 2.00 bits per heavy atom. The molecule has 1 aromatic rings. The molecule has 0 aliphatic carbocycles. The summed E-state index contributed by atoms with van der Waals surface area (Å²) in [5.74, 6) is 0. The lowest BCUT2D eigenvalue weighted by Gasteiger charge is -1.98. The van der Waals surface area contributed by atoms with Gasteiger partial charge in [-0.05, 0) is 33.3 Å². The maximum Gasteiger partial charge on any atom is 0.0447 e. The average molecular weight is 250 g/mol. The third-order valence-electron chi connectivity index (χ3n) is 1.95. The summed E-state index contributed by atoms with van der Waals surface area (Å²) in [5, 5.41) is 0.852. The Morgan fingerprint density at radius 2 is 1.65 bits per heavy atom. The molecule has 0 heterocycles. The van der Waals surface area contributed by atoms with Crippen LogP contribution in [0.3, 0.4) is 0 Å². The van der Waals surface area contributed by atoms with E-state index in [0.717, 1.165) is 22.0 Å². The lowest BCUT2D eigenvalue weighted by atomic mass is 10.1. The molecule has 0 saturated heterocycles. The Kier molecular flexibility index (Phi) is 8.08. The number of aliphatic imine (C=N–C) groups is 1. The molecule has 0 unspecified atom stereocenters. The predicted molar refractivity (Wildman–Crippen MR) is 78.8 cm³/mol. The molecule has 1 nitrogen and oxygen atoms in total. The highest BCUT2D eigenvalue weighted by Crippen LogP contribution is 2.02. The zero-order chi connectivity index (χ0) is 13.3. The molecule has 2 heteroatoms. The monoisotopic (exact) mass is 249 g/mol. The van der Waals surface area contributed by atoms with Crippen LogP contribution in [0.1, 0.15) is 33.3 Å². The summed E-state index contributed by atoms with van der Waals surface area (Å²) >= 11 is 5.32. The molecular weight excluding hydrogens is 230 g/mol. The SMILES string of the molecule is C/C=C(\C)Cl.C=C(C)N=C(C)c1ccccc1. The van der Waals surface area contributed by atoms with Crippen LogP contribution in [-0.4, -0.2) is 5.71 Å². The van der Waals surface area contributed by atoms with Crippen LogP contribution in [0.5, 0.6) is 0 Å². The first kappa shape index (κ1) is 15.7. The third-order valence-corrected chi connectivity index (χ3v) is 2.17. The summed E-state index contributed by atoms with van der Waals surface area (Å²) < 4.78 is 0. The molecule has 0 fully saturated rings. The van der Waals surface area contributed by atoms with E-state index in [1.54, 1.807) is 0 Å². The third kappa shape index (κ3) is 8.47. The van der Waals surface area contributed by atoms with E-state index in [-0.39, 0.29) is 0 Å². The van der Waals surface area contributed by atoms with E-state index in [1.807, 2.05) is 64.1 Å². The van der Waals surface area contributed by atoms with Crippen LogP contribution >= 0.6 is 11.6 Å². The zero-order valence-corrected chi connectivity index (χ0v) is 11.8. The minimum absolute atomic E-state index is 0.844. The van der Waals surface area contributed by atoms with E-state index < -0.39 is 0 Å². The van der Waals surface area contributed by atoms with Gasteiger partial charge in [0.2, 0.25) is 0 Å². The van der Waals surface area contributed by atoms with Crippen molar-refractivity contribution in [2.75, 3.05) is 0 Å². The van der Waals surface area contributed by atoms with Crippen molar-refractivity contribution < 1.29 is 0 Å². The molecule has 0 radical (unpaired) electrons. The smallest absolute Gasteiger partial charge is 0.0447 e. The van der Waals surface area contributed by atoms with Gasteiger partial charge in [0.15, 0.2) is 0 Å². The molecule has 0 amide bonds. The van der Waals surface area contributed by atoms with Crippen LogP contribution in [0.15, 0.2) is 58.7 Å². The molecule has 0 aliphatic heterocycles. The molecule has 0 atom stereocenters. The number of rotatable bonds is 2. The highest BCUT2D eigenvalue weighted by atomic mass is 35.5. The molecule has 0 saturated carbocycles. The zero-order valence-electron chi connectivity index (χ0n) is 11.0. The Hall–Kier alpha value is -1.34. The fraction of sp³-hybridized carbons (Fsp3) is 0.267. The second-order valence-corrected chi connectivity index (χ2v) is 4.27. The summed E-state index contributed by atoms with van der Waals surface area (Å²) in [4.78, 5) is 4.27.